The number of anilines is 1. The predicted octanol–water partition coefficient (Wildman–Crippen LogP) is 1.83. The molecule has 5 N–H and O–H groups in total. The van der Waals surface area contributed by atoms with Gasteiger partial charge in [0.15, 0.2) is 17.4 Å². The number of nitrogens with two attached hydrogens (primary N) is 1. The third-order valence-corrected chi connectivity index (χ3v) is 2.84. The topological polar surface area (TPSA) is 98.7 Å². The molecule has 0 radical (unpaired) electrons. The van der Waals surface area contributed by atoms with Crippen molar-refractivity contribution in [2.45, 2.75) is 0 Å². The zero-order valence-corrected chi connectivity index (χ0v) is 11.6. The Balaban J connectivity index is 2.19. The molecule has 0 atom stereocenters. The average Bonchev–Trinajstić information content (AvgIpc) is 2.55. The zero-order chi connectivity index (χ0) is 12.4. The average molecular weight is 360 g/mol. The molecule has 0 aromatic heterocycles. The summed E-state index contributed by atoms with van der Waals surface area (Å²) in [6.45, 7) is 0. The van der Waals surface area contributed by atoms with Crippen LogP contribution in [0.3, 0.4) is 0 Å². The first kappa shape index (κ1) is 12.1. The minimum atomic E-state index is 0.0732. The number of amidine groups is 2. The number of hydrogen-bond donors (Lipinski definition) is 4. The van der Waals surface area contributed by atoms with Crippen molar-refractivity contribution < 1.29 is 0 Å². The van der Waals surface area contributed by atoms with E-state index in [9.17, 15) is 0 Å². The van der Waals surface area contributed by atoms with Crippen molar-refractivity contribution in [3.63, 3.8) is 0 Å². The molecule has 6 nitrogen and oxygen atoms in total. The summed E-state index contributed by atoms with van der Waals surface area (Å²) in [6.07, 6.45) is 0. The minimum absolute atomic E-state index is 0.0732. The summed E-state index contributed by atoms with van der Waals surface area (Å²) in [6, 6.07) is 5.62. The fourth-order valence-electron chi connectivity index (χ4n) is 1.20. The molecule has 0 saturated carbocycles. The van der Waals surface area contributed by atoms with E-state index in [-0.39, 0.29) is 11.7 Å². The lowest BCUT2D eigenvalue weighted by molar-refractivity contribution is 1.04. The molecule has 0 fully saturated rings. The van der Waals surface area contributed by atoms with Crippen LogP contribution in [0.1, 0.15) is 0 Å². The maximum atomic E-state index is 7.49. The Labute approximate surface area is 114 Å². The maximum absolute atomic E-state index is 7.49. The highest BCUT2D eigenvalue weighted by molar-refractivity contribution is 9.11. The van der Waals surface area contributed by atoms with Gasteiger partial charge in [-0.05, 0) is 18.2 Å². The van der Waals surface area contributed by atoms with E-state index in [1.165, 1.54) is 0 Å². The van der Waals surface area contributed by atoms with Gasteiger partial charge in [-0.2, -0.15) is 10.2 Å². The molecule has 1 aliphatic rings. The van der Waals surface area contributed by atoms with Crippen molar-refractivity contribution in [3.05, 3.63) is 27.1 Å². The SMILES string of the molecule is N=C1NN=C(N)/C1=N/Nc1cc(Br)cc(Br)c1. The summed E-state index contributed by atoms with van der Waals surface area (Å²) in [5.74, 6) is 0.264. The smallest absolute Gasteiger partial charge is 0.175 e. The van der Waals surface area contributed by atoms with Crippen LogP contribution in [0.4, 0.5) is 5.69 Å². The van der Waals surface area contributed by atoms with Crippen LogP contribution in [0.25, 0.3) is 0 Å². The van der Waals surface area contributed by atoms with Crippen LogP contribution >= 0.6 is 31.9 Å². The highest BCUT2D eigenvalue weighted by atomic mass is 79.9. The summed E-state index contributed by atoms with van der Waals surface area (Å²) >= 11 is 6.74. The number of hydrogen-bond acceptors (Lipinski definition) is 5. The zero-order valence-electron chi connectivity index (χ0n) is 8.46. The van der Waals surface area contributed by atoms with E-state index in [0.29, 0.717) is 5.71 Å². The van der Waals surface area contributed by atoms with Crippen molar-refractivity contribution in [3.8, 4) is 0 Å². The summed E-state index contributed by atoms with van der Waals surface area (Å²) in [7, 11) is 0. The molecule has 1 aliphatic heterocycles. The molecule has 0 spiro atoms. The first-order valence-electron chi connectivity index (χ1n) is 4.54. The van der Waals surface area contributed by atoms with Crippen LogP contribution < -0.4 is 16.6 Å². The quantitative estimate of drug-likeness (QED) is 0.606. The lowest BCUT2D eigenvalue weighted by atomic mass is 10.3. The van der Waals surface area contributed by atoms with Crippen molar-refractivity contribution in [1.82, 2.24) is 5.43 Å². The van der Waals surface area contributed by atoms with Crippen LogP contribution in [0.15, 0.2) is 37.3 Å². The molecular formula is C9H8Br2N6. The van der Waals surface area contributed by atoms with Gasteiger partial charge in [0.2, 0.25) is 0 Å². The molecule has 0 amide bonds. The summed E-state index contributed by atoms with van der Waals surface area (Å²) in [5.41, 5.74) is 11.9. The van der Waals surface area contributed by atoms with Crippen LogP contribution in [-0.4, -0.2) is 17.4 Å². The van der Waals surface area contributed by atoms with Crippen molar-refractivity contribution in [2.75, 3.05) is 5.43 Å². The van der Waals surface area contributed by atoms with E-state index >= 15 is 0 Å². The number of rotatable bonds is 2. The molecule has 88 valence electrons. The van der Waals surface area contributed by atoms with Crippen LogP contribution in [0.2, 0.25) is 0 Å². The van der Waals surface area contributed by atoms with Crippen molar-refractivity contribution >= 4 is 54.9 Å². The van der Waals surface area contributed by atoms with Gasteiger partial charge in [0.25, 0.3) is 0 Å². The Bertz CT molecular complexity index is 516. The van der Waals surface area contributed by atoms with Crippen LogP contribution in [0, 0.1) is 5.41 Å². The van der Waals surface area contributed by atoms with Gasteiger partial charge < -0.3 is 5.73 Å². The molecule has 1 aromatic rings. The van der Waals surface area contributed by atoms with Gasteiger partial charge >= 0.3 is 0 Å². The van der Waals surface area contributed by atoms with Crippen LogP contribution in [-0.2, 0) is 0 Å². The fourth-order valence-corrected chi connectivity index (χ4v) is 2.50. The Morgan fingerprint density at radius 1 is 1.29 bits per heavy atom. The summed E-state index contributed by atoms with van der Waals surface area (Å²) < 4.78 is 1.83. The first-order valence-corrected chi connectivity index (χ1v) is 6.13. The third kappa shape index (κ3) is 2.83. The highest BCUT2D eigenvalue weighted by Gasteiger charge is 2.18. The normalized spacial score (nSPS) is 16.9. The Kier molecular flexibility index (Phi) is 3.43. The number of hydrazone groups is 2. The molecule has 0 aliphatic carbocycles. The second-order valence-electron chi connectivity index (χ2n) is 3.21. The Morgan fingerprint density at radius 3 is 2.47 bits per heavy atom. The summed E-state index contributed by atoms with van der Waals surface area (Å²) in [4.78, 5) is 0. The summed E-state index contributed by atoms with van der Waals surface area (Å²) in [5, 5.41) is 15.2. The number of nitrogens with one attached hydrogen (secondary N) is 3. The lowest BCUT2D eigenvalue weighted by Crippen LogP contribution is -2.28. The van der Waals surface area contributed by atoms with E-state index in [0.717, 1.165) is 14.6 Å². The number of nitrogens with zero attached hydrogens (tertiary/aromatic N) is 2. The van der Waals surface area contributed by atoms with Gasteiger partial charge in [0, 0.05) is 8.95 Å². The monoisotopic (exact) mass is 358 g/mol. The molecule has 1 aromatic carbocycles. The molecule has 0 bridgehead atoms. The van der Waals surface area contributed by atoms with Crippen molar-refractivity contribution in [1.29, 1.82) is 5.41 Å². The van der Waals surface area contributed by atoms with Gasteiger partial charge in [-0.1, -0.05) is 31.9 Å². The van der Waals surface area contributed by atoms with Gasteiger partial charge in [-0.3, -0.25) is 16.3 Å². The molecule has 0 saturated heterocycles. The Hall–Kier alpha value is -1.41. The van der Waals surface area contributed by atoms with E-state index < -0.39 is 0 Å². The first-order chi connectivity index (χ1) is 8.06. The molecule has 17 heavy (non-hydrogen) atoms. The lowest BCUT2D eigenvalue weighted by Gasteiger charge is -2.03. The van der Waals surface area contributed by atoms with Gasteiger partial charge in [0.05, 0.1) is 5.69 Å². The second-order valence-corrected chi connectivity index (χ2v) is 5.05. The van der Waals surface area contributed by atoms with E-state index in [1.807, 2.05) is 18.2 Å². The molecular weight excluding hydrogens is 352 g/mol. The van der Waals surface area contributed by atoms with E-state index in [2.05, 4.69) is 52.9 Å². The predicted molar refractivity (Wildman–Crippen MR) is 75.4 cm³/mol. The molecule has 2 rings (SSSR count). The fraction of sp³-hybridized carbons (Fsp3) is 0. The third-order valence-electron chi connectivity index (χ3n) is 1.93. The number of benzene rings is 1. The van der Waals surface area contributed by atoms with Crippen LogP contribution in [0.5, 0.6) is 0 Å². The van der Waals surface area contributed by atoms with E-state index in [4.69, 9.17) is 11.1 Å². The van der Waals surface area contributed by atoms with Crippen molar-refractivity contribution in [2.24, 2.45) is 15.9 Å². The molecule has 8 heteroatoms. The largest absolute Gasteiger partial charge is 0.380 e. The van der Waals surface area contributed by atoms with Gasteiger partial charge in [-0.15, -0.1) is 0 Å². The Morgan fingerprint density at radius 2 is 1.94 bits per heavy atom. The number of halogens is 2. The minimum Gasteiger partial charge on any atom is -0.380 e. The molecule has 0 unspecified atom stereocenters. The van der Waals surface area contributed by atoms with E-state index in [1.54, 1.807) is 0 Å². The van der Waals surface area contributed by atoms with Gasteiger partial charge in [-0.25, -0.2) is 0 Å². The highest BCUT2D eigenvalue weighted by Crippen LogP contribution is 2.23. The maximum Gasteiger partial charge on any atom is 0.175 e. The molecule has 1 heterocycles. The standard InChI is InChI=1S/C9H8Br2N6/c10-4-1-5(11)3-6(2-4)14-15-7-8(12)16-17-9(7)13/h1-3,14H,(H4,12,13,15,16,17). The second kappa shape index (κ2) is 4.84. The van der Waals surface area contributed by atoms with Gasteiger partial charge in [0.1, 0.15) is 0 Å².